The molecule has 23 heavy (non-hydrogen) atoms. The van der Waals surface area contributed by atoms with Crippen molar-refractivity contribution in [3.05, 3.63) is 35.9 Å². The van der Waals surface area contributed by atoms with E-state index in [0.29, 0.717) is 24.9 Å². The van der Waals surface area contributed by atoms with Gasteiger partial charge in [0.2, 0.25) is 11.8 Å². The van der Waals surface area contributed by atoms with Crippen LogP contribution in [0.15, 0.2) is 30.3 Å². The number of carbonyl (C=O) groups excluding carboxylic acids is 2. The predicted molar refractivity (Wildman–Crippen MR) is 92.0 cm³/mol. The van der Waals surface area contributed by atoms with Crippen molar-refractivity contribution >= 4 is 11.8 Å². The Morgan fingerprint density at radius 1 is 1.26 bits per heavy atom. The predicted octanol–water partition coefficient (Wildman–Crippen LogP) is 2.80. The van der Waals surface area contributed by atoms with Crippen LogP contribution in [0.5, 0.6) is 0 Å². The van der Waals surface area contributed by atoms with Crippen LogP contribution >= 0.6 is 0 Å². The maximum absolute atomic E-state index is 12.5. The normalized spacial score (nSPS) is 19.5. The van der Waals surface area contributed by atoms with Crippen molar-refractivity contribution in [2.75, 3.05) is 19.6 Å². The molecule has 126 valence electrons. The SMILES string of the molecule is CC(=O)N1CCCC(C(=O)NCC(c2ccccc2)C(C)C)C1. The molecule has 1 aliphatic heterocycles. The molecule has 1 saturated heterocycles. The number of likely N-dealkylation sites (tertiary alicyclic amines) is 1. The number of nitrogens with zero attached hydrogens (tertiary/aromatic N) is 1. The average Bonchev–Trinajstić information content (AvgIpc) is 2.55. The smallest absolute Gasteiger partial charge is 0.224 e. The summed E-state index contributed by atoms with van der Waals surface area (Å²) in [6, 6.07) is 10.3. The summed E-state index contributed by atoms with van der Waals surface area (Å²) >= 11 is 0. The van der Waals surface area contributed by atoms with E-state index in [1.165, 1.54) is 5.56 Å². The highest BCUT2D eigenvalue weighted by molar-refractivity contribution is 5.80. The van der Waals surface area contributed by atoms with Gasteiger partial charge in [-0.15, -0.1) is 0 Å². The first-order chi connectivity index (χ1) is 11.0. The van der Waals surface area contributed by atoms with Gasteiger partial charge in [-0.2, -0.15) is 0 Å². The third-order valence-electron chi connectivity index (χ3n) is 4.77. The molecule has 0 saturated carbocycles. The monoisotopic (exact) mass is 316 g/mol. The number of hydrogen-bond acceptors (Lipinski definition) is 2. The molecule has 2 atom stereocenters. The number of piperidine rings is 1. The van der Waals surface area contributed by atoms with E-state index in [-0.39, 0.29) is 17.7 Å². The second-order valence-corrected chi connectivity index (χ2v) is 6.81. The number of carbonyl (C=O) groups is 2. The van der Waals surface area contributed by atoms with Crippen LogP contribution in [0.2, 0.25) is 0 Å². The highest BCUT2D eigenvalue weighted by Gasteiger charge is 2.27. The molecule has 0 aromatic heterocycles. The van der Waals surface area contributed by atoms with E-state index in [4.69, 9.17) is 0 Å². The Labute approximate surface area is 139 Å². The van der Waals surface area contributed by atoms with Crippen molar-refractivity contribution in [2.24, 2.45) is 11.8 Å². The van der Waals surface area contributed by atoms with Gasteiger partial charge in [0.1, 0.15) is 0 Å². The Hall–Kier alpha value is -1.84. The van der Waals surface area contributed by atoms with E-state index in [0.717, 1.165) is 19.4 Å². The van der Waals surface area contributed by atoms with Gasteiger partial charge >= 0.3 is 0 Å². The minimum Gasteiger partial charge on any atom is -0.355 e. The molecule has 1 N–H and O–H groups in total. The molecule has 1 aromatic carbocycles. The average molecular weight is 316 g/mol. The van der Waals surface area contributed by atoms with Gasteiger partial charge in [0.05, 0.1) is 5.92 Å². The van der Waals surface area contributed by atoms with Crippen LogP contribution < -0.4 is 5.32 Å². The summed E-state index contributed by atoms with van der Waals surface area (Å²) in [7, 11) is 0. The summed E-state index contributed by atoms with van der Waals surface area (Å²) in [5.74, 6) is 0.839. The lowest BCUT2D eigenvalue weighted by atomic mass is 9.88. The fourth-order valence-corrected chi connectivity index (χ4v) is 3.27. The van der Waals surface area contributed by atoms with E-state index in [9.17, 15) is 9.59 Å². The van der Waals surface area contributed by atoms with Crippen molar-refractivity contribution in [3.63, 3.8) is 0 Å². The highest BCUT2D eigenvalue weighted by atomic mass is 16.2. The van der Waals surface area contributed by atoms with Gasteiger partial charge in [-0.05, 0) is 24.3 Å². The van der Waals surface area contributed by atoms with Crippen LogP contribution in [0.4, 0.5) is 0 Å². The molecular weight excluding hydrogens is 288 g/mol. The molecule has 1 fully saturated rings. The molecule has 0 bridgehead atoms. The molecule has 4 heteroatoms. The summed E-state index contributed by atoms with van der Waals surface area (Å²) in [5.41, 5.74) is 1.26. The van der Waals surface area contributed by atoms with Gasteiger partial charge in [-0.1, -0.05) is 44.2 Å². The number of nitrogens with one attached hydrogen (secondary N) is 1. The van der Waals surface area contributed by atoms with Crippen molar-refractivity contribution < 1.29 is 9.59 Å². The quantitative estimate of drug-likeness (QED) is 0.908. The Balaban J connectivity index is 1.93. The lowest BCUT2D eigenvalue weighted by Crippen LogP contribution is -2.45. The first-order valence-electron chi connectivity index (χ1n) is 8.57. The first kappa shape index (κ1) is 17.5. The topological polar surface area (TPSA) is 49.4 Å². The molecule has 0 aliphatic carbocycles. The largest absolute Gasteiger partial charge is 0.355 e. The summed E-state index contributed by atoms with van der Waals surface area (Å²) in [4.78, 5) is 25.8. The fourth-order valence-electron chi connectivity index (χ4n) is 3.27. The number of benzene rings is 1. The van der Waals surface area contributed by atoms with Gasteiger partial charge in [0, 0.05) is 32.5 Å². The van der Waals surface area contributed by atoms with Crippen LogP contribution in [0.3, 0.4) is 0 Å². The molecule has 2 amide bonds. The Morgan fingerprint density at radius 3 is 2.57 bits per heavy atom. The summed E-state index contributed by atoms with van der Waals surface area (Å²) < 4.78 is 0. The van der Waals surface area contributed by atoms with Crippen LogP contribution in [0.25, 0.3) is 0 Å². The Morgan fingerprint density at radius 2 is 1.96 bits per heavy atom. The van der Waals surface area contributed by atoms with E-state index in [2.05, 4.69) is 31.3 Å². The Kier molecular flexibility index (Phi) is 6.20. The van der Waals surface area contributed by atoms with Gasteiger partial charge in [-0.3, -0.25) is 9.59 Å². The first-order valence-corrected chi connectivity index (χ1v) is 8.57. The van der Waals surface area contributed by atoms with Crippen LogP contribution in [-0.4, -0.2) is 36.3 Å². The Bertz CT molecular complexity index is 527. The lowest BCUT2D eigenvalue weighted by molar-refractivity contribution is -0.134. The van der Waals surface area contributed by atoms with Crippen LogP contribution in [-0.2, 0) is 9.59 Å². The minimum atomic E-state index is -0.0729. The second kappa shape index (κ2) is 8.14. The van der Waals surface area contributed by atoms with Crippen LogP contribution in [0, 0.1) is 11.8 Å². The van der Waals surface area contributed by atoms with Crippen LogP contribution in [0.1, 0.15) is 45.1 Å². The molecule has 1 heterocycles. The number of rotatable bonds is 5. The van der Waals surface area contributed by atoms with E-state index >= 15 is 0 Å². The molecule has 4 nitrogen and oxygen atoms in total. The van der Waals surface area contributed by atoms with Crippen molar-refractivity contribution in [2.45, 2.75) is 39.5 Å². The lowest BCUT2D eigenvalue weighted by Gasteiger charge is -2.32. The summed E-state index contributed by atoms with van der Waals surface area (Å²) in [6.07, 6.45) is 1.78. The summed E-state index contributed by atoms with van der Waals surface area (Å²) in [6.45, 7) is 7.92. The zero-order valence-corrected chi connectivity index (χ0v) is 14.4. The van der Waals surface area contributed by atoms with E-state index in [1.54, 1.807) is 11.8 Å². The standard InChI is InChI=1S/C19H28N2O2/c1-14(2)18(16-8-5-4-6-9-16)12-20-19(23)17-10-7-11-21(13-17)15(3)22/h4-6,8-9,14,17-18H,7,10-13H2,1-3H3,(H,20,23). The van der Waals surface area contributed by atoms with Gasteiger partial charge < -0.3 is 10.2 Å². The van der Waals surface area contributed by atoms with Crippen molar-refractivity contribution in [3.8, 4) is 0 Å². The fraction of sp³-hybridized carbons (Fsp3) is 0.579. The minimum absolute atomic E-state index is 0.0619. The molecule has 1 aromatic rings. The van der Waals surface area contributed by atoms with E-state index < -0.39 is 0 Å². The maximum Gasteiger partial charge on any atom is 0.224 e. The second-order valence-electron chi connectivity index (χ2n) is 6.81. The molecule has 2 unspecified atom stereocenters. The van der Waals surface area contributed by atoms with E-state index in [1.807, 2.05) is 18.2 Å². The van der Waals surface area contributed by atoms with Crippen molar-refractivity contribution in [1.82, 2.24) is 10.2 Å². The number of hydrogen-bond donors (Lipinski definition) is 1. The van der Waals surface area contributed by atoms with Gasteiger partial charge in [-0.25, -0.2) is 0 Å². The molecule has 2 rings (SSSR count). The molecular formula is C19H28N2O2. The number of amides is 2. The highest BCUT2D eigenvalue weighted by Crippen LogP contribution is 2.24. The molecule has 0 spiro atoms. The third-order valence-corrected chi connectivity index (χ3v) is 4.77. The van der Waals surface area contributed by atoms with Gasteiger partial charge in [0.15, 0.2) is 0 Å². The zero-order chi connectivity index (χ0) is 16.8. The van der Waals surface area contributed by atoms with Crippen molar-refractivity contribution in [1.29, 1.82) is 0 Å². The third kappa shape index (κ3) is 4.81. The zero-order valence-electron chi connectivity index (χ0n) is 14.4. The van der Waals surface area contributed by atoms with Gasteiger partial charge in [0.25, 0.3) is 0 Å². The molecule has 0 radical (unpaired) electrons. The molecule has 1 aliphatic rings. The summed E-state index contributed by atoms with van der Waals surface area (Å²) in [5, 5.41) is 3.11. The maximum atomic E-state index is 12.5.